The van der Waals surface area contributed by atoms with Gasteiger partial charge in [-0.15, -0.1) is 0 Å². The Morgan fingerprint density at radius 1 is 0.400 bits per heavy atom. The molecule has 0 aromatic carbocycles. The Hall–Kier alpha value is -0.240. The molecular weight excluding hydrogens is 444 g/mol. The Bertz CT molecular complexity index is 357. The van der Waals surface area contributed by atoms with Crippen molar-refractivity contribution in [3.8, 4) is 0 Å². The third-order valence-electron chi connectivity index (χ3n) is 6.39. The van der Waals surface area contributed by atoms with Crippen molar-refractivity contribution < 1.29 is 29.2 Å². The highest BCUT2D eigenvalue weighted by Crippen LogP contribution is 2.22. The van der Waals surface area contributed by atoms with Crippen LogP contribution in [0.2, 0.25) is 0 Å². The molecule has 6 heteroatoms. The maximum absolute atomic E-state index is 9.15. The van der Waals surface area contributed by atoms with E-state index in [9.17, 15) is 0 Å². The van der Waals surface area contributed by atoms with E-state index >= 15 is 0 Å². The number of aliphatic hydroxyl groups is 2. The molecule has 0 amide bonds. The number of rotatable bonds is 30. The first-order valence-electron chi connectivity index (χ1n) is 14.8. The molecule has 0 aromatic rings. The van der Waals surface area contributed by atoms with Crippen LogP contribution in [0, 0.1) is 5.41 Å². The Labute approximate surface area is 217 Å². The lowest BCUT2D eigenvalue weighted by molar-refractivity contribution is -0.112. The average Bonchev–Trinajstić information content (AvgIpc) is 2.86. The molecule has 212 valence electrons. The monoisotopic (exact) mass is 504 g/mol. The Morgan fingerprint density at radius 2 is 0.686 bits per heavy atom. The minimum absolute atomic E-state index is 0.00813. The van der Waals surface area contributed by atoms with Crippen molar-refractivity contribution in [1.29, 1.82) is 0 Å². The summed E-state index contributed by atoms with van der Waals surface area (Å²) in [6, 6.07) is 0. The summed E-state index contributed by atoms with van der Waals surface area (Å²) in [6.07, 6.45) is 20.4. The Morgan fingerprint density at radius 3 is 1.00 bits per heavy atom. The van der Waals surface area contributed by atoms with Crippen molar-refractivity contribution >= 4 is 0 Å². The van der Waals surface area contributed by atoms with Crippen molar-refractivity contribution in [2.75, 3.05) is 66.1 Å². The molecule has 0 spiro atoms. The molecule has 0 aliphatic rings. The van der Waals surface area contributed by atoms with E-state index in [1.54, 1.807) is 0 Å². The molecule has 0 rings (SSSR count). The standard InChI is InChI=1S/C29H60O6/c1-3-5-7-9-11-13-15-17-21-32-25-29(27-34-23-19-30,28-35-24-20-31)26-33-22-18-16-14-12-10-8-6-4-2/h30-31H,3-28H2,1-2H3. The second kappa shape index (κ2) is 28.3. The molecule has 0 unspecified atom stereocenters. The summed E-state index contributed by atoms with van der Waals surface area (Å²) >= 11 is 0. The van der Waals surface area contributed by atoms with Crippen LogP contribution in [0.3, 0.4) is 0 Å². The molecule has 0 heterocycles. The van der Waals surface area contributed by atoms with Gasteiger partial charge in [0.1, 0.15) is 0 Å². The molecule has 0 radical (unpaired) electrons. The van der Waals surface area contributed by atoms with Crippen molar-refractivity contribution in [1.82, 2.24) is 0 Å². The predicted molar refractivity (Wildman–Crippen MR) is 145 cm³/mol. The maximum Gasteiger partial charge on any atom is 0.0698 e. The quantitative estimate of drug-likeness (QED) is 0.112. The van der Waals surface area contributed by atoms with Crippen LogP contribution in [0.1, 0.15) is 117 Å². The van der Waals surface area contributed by atoms with Gasteiger partial charge in [-0.3, -0.25) is 0 Å². The molecule has 0 aromatic heterocycles. The number of aliphatic hydroxyl groups excluding tert-OH is 2. The fourth-order valence-electron chi connectivity index (χ4n) is 4.21. The third-order valence-corrected chi connectivity index (χ3v) is 6.39. The maximum atomic E-state index is 9.15. The van der Waals surface area contributed by atoms with Crippen molar-refractivity contribution in [2.24, 2.45) is 5.41 Å². The summed E-state index contributed by atoms with van der Waals surface area (Å²) in [7, 11) is 0. The smallest absolute Gasteiger partial charge is 0.0698 e. The van der Waals surface area contributed by atoms with Gasteiger partial charge in [-0.1, -0.05) is 104 Å². The van der Waals surface area contributed by atoms with Gasteiger partial charge in [-0.2, -0.15) is 0 Å². The average molecular weight is 505 g/mol. The van der Waals surface area contributed by atoms with E-state index in [0.717, 1.165) is 26.1 Å². The van der Waals surface area contributed by atoms with Gasteiger partial charge in [0.25, 0.3) is 0 Å². The van der Waals surface area contributed by atoms with Gasteiger partial charge in [0.2, 0.25) is 0 Å². The van der Waals surface area contributed by atoms with Gasteiger partial charge in [0.05, 0.1) is 58.3 Å². The van der Waals surface area contributed by atoms with E-state index in [-0.39, 0.29) is 26.4 Å². The molecule has 0 saturated heterocycles. The van der Waals surface area contributed by atoms with Crippen LogP contribution >= 0.6 is 0 Å². The van der Waals surface area contributed by atoms with E-state index in [1.807, 2.05) is 0 Å². The van der Waals surface area contributed by atoms with Crippen molar-refractivity contribution in [2.45, 2.75) is 117 Å². The first kappa shape index (κ1) is 34.8. The van der Waals surface area contributed by atoms with Gasteiger partial charge in [0.15, 0.2) is 0 Å². The number of hydrogen-bond acceptors (Lipinski definition) is 6. The van der Waals surface area contributed by atoms with E-state index in [1.165, 1.54) is 89.9 Å². The third kappa shape index (κ3) is 23.9. The van der Waals surface area contributed by atoms with Gasteiger partial charge in [-0.05, 0) is 12.8 Å². The van der Waals surface area contributed by atoms with Crippen LogP contribution in [0.15, 0.2) is 0 Å². The number of ether oxygens (including phenoxy) is 4. The van der Waals surface area contributed by atoms with E-state index < -0.39 is 5.41 Å². The van der Waals surface area contributed by atoms with Gasteiger partial charge >= 0.3 is 0 Å². The zero-order chi connectivity index (χ0) is 25.7. The van der Waals surface area contributed by atoms with Crippen molar-refractivity contribution in [3.63, 3.8) is 0 Å². The largest absolute Gasteiger partial charge is 0.394 e. The lowest BCUT2D eigenvalue weighted by Gasteiger charge is -2.33. The van der Waals surface area contributed by atoms with Crippen LogP contribution in [0.4, 0.5) is 0 Å². The summed E-state index contributed by atoms with van der Waals surface area (Å²) in [5.41, 5.74) is -0.426. The zero-order valence-electron chi connectivity index (χ0n) is 23.4. The Balaban J connectivity index is 4.34. The van der Waals surface area contributed by atoms with Gasteiger partial charge < -0.3 is 29.2 Å². The molecule has 0 atom stereocenters. The summed E-state index contributed by atoms with van der Waals surface area (Å²) in [6.45, 7) is 8.35. The molecular formula is C29H60O6. The Kier molecular flexibility index (Phi) is 28.1. The number of hydrogen-bond donors (Lipinski definition) is 2. The summed E-state index contributed by atoms with van der Waals surface area (Å²) in [5.74, 6) is 0. The highest BCUT2D eigenvalue weighted by Gasteiger charge is 2.32. The molecule has 0 aliphatic carbocycles. The first-order chi connectivity index (χ1) is 17.2. The van der Waals surface area contributed by atoms with Gasteiger partial charge in [-0.25, -0.2) is 0 Å². The van der Waals surface area contributed by atoms with Gasteiger partial charge in [0, 0.05) is 13.2 Å². The van der Waals surface area contributed by atoms with Crippen LogP contribution in [0.25, 0.3) is 0 Å². The zero-order valence-corrected chi connectivity index (χ0v) is 23.4. The van der Waals surface area contributed by atoms with E-state index in [2.05, 4.69) is 13.8 Å². The topological polar surface area (TPSA) is 77.4 Å². The summed E-state index contributed by atoms with van der Waals surface area (Å²) in [4.78, 5) is 0. The lowest BCUT2D eigenvalue weighted by atomic mass is 9.92. The molecule has 35 heavy (non-hydrogen) atoms. The molecule has 0 aliphatic heterocycles. The van der Waals surface area contributed by atoms with Crippen LogP contribution in [-0.2, 0) is 18.9 Å². The van der Waals surface area contributed by atoms with E-state index in [4.69, 9.17) is 29.2 Å². The van der Waals surface area contributed by atoms with Crippen LogP contribution < -0.4 is 0 Å². The predicted octanol–water partition coefficient (Wildman–Crippen LogP) is 6.31. The molecule has 2 N–H and O–H groups in total. The molecule has 6 nitrogen and oxygen atoms in total. The summed E-state index contributed by atoms with van der Waals surface area (Å²) < 4.78 is 23.6. The van der Waals surface area contributed by atoms with Crippen LogP contribution in [-0.4, -0.2) is 76.3 Å². The first-order valence-corrected chi connectivity index (χ1v) is 14.8. The van der Waals surface area contributed by atoms with E-state index in [0.29, 0.717) is 26.4 Å². The second-order valence-electron chi connectivity index (χ2n) is 10.1. The fourth-order valence-corrected chi connectivity index (χ4v) is 4.21. The SMILES string of the molecule is CCCCCCCCCCOCC(COCCO)(COCCO)COCCCCCCCCCC. The minimum Gasteiger partial charge on any atom is -0.394 e. The highest BCUT2D eigenvalue weighted by atomic mass is 16.5. The lowest BCUT2D eigenvalue weighted by Crippen LogP contribution is -2.42. The molecule has 0 bridgehead atoms. The normalized spacial score (nSPS) is 12.0. The molecule has 0 saturated carbocycles. The minimum atomic E-state index is -0.426. The highest BCUT2D eigenvalue weighted by molar-refractivity contribution is 4.79. The summed E-state index contributed by atoms with van der Waals surface area (Å²) in [5, 5.41) is 18.3. The fraction of sp³-hybridized carbons (Fsp3) is 1.00. The van der Waals surface area contributed by atoms with Crippen LogP contribution in [0.5, 0.6) is 0 Å². The number of unbranched alkanes of at least 4 members (excludes halogenated alkanes) is 14. The molecule has 0 fully saturated rings. The van der Waals surface area contributed by atoms with Crippen molar-refractivity contribution in [3.05, 3.63) is 0 Å². The second-order valence-corrected chi connectivity index (χ2v) is 10.1.